The van der Waals surface area contributed by atoms with E-state index in [9.17, 15) is 9.59 Å². The molecule has 10 heteroatoms. The second-order valence-electron chi connectivity index (χ2n) is 8.27. The van der Waals surface area contributed by atoms with Crippen molar-refractivity contribution in [3.8, 4) is 0 Å². The standard InChI is InChI=1S/C21H27N7O3/c29-20-13-17(16-1-2-16)22-15-28(20)14-21(30)27-7-5-25(6-8-27)18-3-4-19(24-23-18)26-9-11-31-12-10-26/h3-4,13,15-16H,1-2,5-12,14H2. The number of amides is 1. The van der Waals surface area contributed by atoms with Crippen LogP contribution in [0.5, 0.6) is 0 Å². The van der Waals surface area contributed by atoms with E-state index in [1.54, 1.807) is 11.0 Å². The molecule has 0 atom stereocenters. The highest BCUT2D eigenvalue weighted by Gasteiger charge is 2.26. The van der Waals surface area contributed by atoms with Crippen LogP contribution in [0, 0.1) is 0 Å². The number of hydrogen-bond donors (Lipinski definition) is 0. The lowest BCUT2D eigenvalue weighted by Gasteiger charge is -2.35. The molecule has 0 spiro atoms. The van der Waals surface area contributed by atoms with E-state index >= 15 is 0 Å². The molecule has 2 aliphatic heterocycles. The summed E-state index contributed by atoms with van der Waals surface area (Å²) >= 11 is 0. The summed E-state index contributed by atoms with van der Waals surface area (Å²) in [6.07, 6.45) is 3.70. The summed E-state index contributed by atoms with van der Waals surface area (Å²) in [5.74, 6) is 2.06. The molecule has 4 heterocycles. The fraction of sp³-hybridized carbons (Fsp3) is 0.571. The Hall–Kier alpha value is -3.01. The molecular formula is C21H27N7O3. The number of ether oxygens (including phenoxy) is 1. The molecule has 2 aromatic heterocycles. The number of aromatic nitrogens is 4. The lowest BCUT2D eigenvalue weighted by molar-refractivity contribution is -0.132. The Kier molecular flexibility index (Phi) is 5.54. The number of carbonyl (C=O) groups excluding carboxylic acids is 1. The molecule has 10 nitrogen and oxygen atoms in total. The normalized spacial score (nSPS) is 19.5. The van der Waals surface area contributed by atoms with E-state index in [4.69, 9.17) is 4.74 Å². The van der Waals surface area contributed by atoms with Gasteiger partial charge in [-0.2, -0.15) is 0 Å². The fourth-order valence-corrected chi connectivity index (χ4v) is 4.04. The van der Waals surface area contributed by atoms with Crippen LogP contribution in [0.4, 0.5) is 11.6 Å². The van der Waals surface area contributed by atoms with Gasteiger partial charge in [-0.05, 0) is 25.0 Å². The van der Waals surface area contributed by atoms with E-state index in [1.807, 2.05) is 12.1 Å². The highest BCUT2D eigenvalue weighted by atomic mass is 16.5. The second kappa shape index (κ2) is 8.62. The fourth-order valence-electron chi connectivity index (χ4n) is 4.04. The molecule has 3 fully saturated rings. The third kappa shape index (κ3) is 4.53. The van der Waals surface area contributed by atoms with Gasteiger partial charge in [-0.15, -0.1) is 10.2 Å². The van der Waals surface area contributed by atoms with Crippen molar-refractivity contribution in [2.24, 2.45) is 0 Å². The predicted molar refractivity (Wildman–Crippen MR) is 114 cm³/mol. The van der Waals surface area contributed by atoms with Crippen molar-refractivity contribution < 1.29 is 9.53 Å². The molecule has 1 aliphatic carbocycles. The molecule has 1 saturated carbocycles. The van der Waals surface area contributed by atoms with Crippen LogP contribution in [0.2, 0.25) is 0 Å². The molecular weight excluding hydrogens is 398 g/mol. The molecule has 1 amide bonds. The Morgan fingerprint density at radius 2 is 1.61 bits per heavy atom. The quantitative estimate of drug-likeness (QED) is 0.665. The lowest BCUT2D eigenvalue weighted by Crippen LogP contribution is -2.50. The largest absolute Gasteiger partial charge is 0.378 e. The van der Waals surface area contributed by atoms with Crippen molar-refractivity contribution in [2.45, 2.75) is 25.3 Å². The average Bonchev–Trinajstić information content (AvgIpc) is 3.67. The second-order valence-corrected chi connectivity index (χ2v) is 8.27. The van der Waals surface area contributed by atoms with Crippen LogP contribution in [0.1, 0.15) is 24.5 Å². The van der Waals surface area contributed by atoms with Crippen LogP contribution in [-0.4, -0.2) is 83.0 Å². The number of nitrogens with zero attached hydrogens (tertiary/aromatic N) is 7. The lowest BCUT2D eigenvalue weighted by atomic mass is 10.3. The van der Waals surface area contributed by atoms with Crippen molar-refractivity contribution >= 4 is 17.5 Å². The van der Waals surface area contributed by atoms with E-state index in [2.05, 4.69) is 25.0 Å². The van der Waals surface area contributed by atoms with Gasteiger partial charge in [0.25, 0.3) is 5.56 Å². The number of rotatable bonds is 5. The first-order chi connectivity index (χ1) is 15.2. The average molecular weight is 425 g/mol. The van der Waals surface area contributed by atoms with Crippen LogP contribution in [0.15, 0.2) is 29.3 Å². The van der Waals surface area contributed by atoms with Gasteiger partial charge < -0.3 is 19.4 Å². The Morgan fingerprint density at radius 3 is 2.19 bits per heavy atom. The van der Waals surface area contributed by atoms with Gasteiger partial charge in [0.15, 0.2) is 11.6 Å². The van der Waals surface area contributed by atoms with Gasteiger partial charge in [0.1, 0.15) is 6.54 Å². The molecule has 0 unspecified atom stereocenters. The smallest absolute Gasteiger partial charge is 0.254 e. The molecule has 2 saturated heterocycles. The van der Waals surface area contributed by atoms with Crippen molar-refractivity contribution in [1.29, 1.82) is 0 Å². The topological polar surface area (TPSA) is 96.7 Å². The van der Waals surface area contributed by atoms with Crippen LogP contribution < -0.4 is 15.4 Å². The molecule has 5 rings (SSSR count). The number of hydrogen-bond acceptors (Lipinski definition) is 8. The first-order valence-corrected chi connectivity index (χ1v) is 10.9. The first-order valence-electron chi connectivity index (χ1n) is 10.9. The maximum atomic E-state index is 12.7. The van der Waals surface area contributed by atoms with Crippen molar-refractivity contribution in [3.63, 3.8) is 0 Å². The van der Waals surface area contributed by atoms with E-state index in [1.165, 1.54) is 10.9 Å². The summed E-state index contributed by atoms with van der Waals surface area (Å²) in [7, 11) is 0. The maximum absolute atomic E-state index is 12.7. The molecule has 164 valence electrons. The SMILES string of the molecule is O=C(Cn1cnc(C2CC2)cc1=O)N1CCN(c2ccc(N3CCOCC3)nn2)CC1. The van der Waals surface area contributed by atoms with Crippen LogP contribution >= 0.6 is 0 Å². The molecule has 2 aromatic rings. The number of carbonyl (C=O) groups is 1. The third-order valence-electron chi connectivity index (χ3n) is 6.13. The Balaban J connectivity index is 1.14. The number of piperazine rings is 1. The summed E-state index contributed by atoms with van der Waals surface area (Å²) in [6, 6.07) is 5.56. The summed E-state index contributed by atoms with van der Waals surface area (Å²) in [4.78, 5) is 35.4. The Labute approximate surface area is 180 Å². The Morgan fingerprint density at radius 1 is 0.968 bits per heavy atom. The summed E-state index contributed by atoms with van der Waals surface area (Å²) < 4.78 is 6.78. The molecule has 31 heavy (non-hydrogen) atoms. The maximum Gasteiger partial charge on any atom is 0.254 e. The molecule has 3 aliphatic rings. The number of morpholine rings is 1. The van der Waals surface area contributed by atoms with Crippen molar-refractivity contribution in [3.05, 3.63) is 40.6 Å². The highest BCUT2D eigenvalue weighted by molar-refractivity contribution is 5.76. The minimum Gasteiger partial charge on any atom is -0.378 e. The molecule has 0 N–H and O–H groups in total. The summed E-state index contributed by atoms with van der Waals surface area (Å²) in [6.45, 7) is 5.68. The van der Waals surface area contributed by atoms with E-state index < -0.39 is 0 Å². The van der Waals surface area contributed by atoms with E-state index in [0.29, 0.717) is 45.3 Å². The summed E-state index contributed by atoms with van der Waals surface area (Å²) in [5, 5.41) is 8.76. The van der Waals surface area contributed by atoms with Gasteiger partial charge in [0, 0.05) is 51.3 Å². The molecule has 0 bridgehead atoms. The van der Waals surface area contributed by atoms with Gasteiger partial charge in [-0.1, -0.05) is 0 Å². The third-order valence-corrected chi connectivity index (χ3v) is 6.13. The minimum atomic E-state index is -0.153. The van der Waals surface area contributed by atoms with Crippen LogP contribution in [0.3, 0.4) is 0 Å². The van der Waals surface area contributed by atoms with E-state index in [0.717, 1.165) is 43.3 Å². The minimum absolute atomic E-state index is 0.0326. The van der Waals surface area contributed by atoms with Gasteiger partial charge in [-0.3, -0.25) is 14.2 Å². The van der Waals surface area contributed by atoms with Crippen LogP contribution in [-0.2, 0) is 16.1 Å². The van der Waals surface area contributed by atoms with Gasteiger partial charge in [0.2, 0.25) is 5.91 Å². The zero-order chi connectivity index (χ0) is 21.2. The van der Waals surface area contributed by atoms with Gasteiger partial charge in [-0.25, -0.2) is 4.98 Å². The summed E-state index contributed by atoms with van der Waals surface area (Å²) in [5.41, 5.74) is 0.697. The van der Waals surface area contributed by atoms with E-state index in [-0.39, 0.29) is 18.0 Å². The monoisotopic (exact) mass is 425 g/mol. The van der Waals surface area contributed by atoms with Crippen molar-refractivity contribution in [1.82, 2.24) is 24.6 Å². The van der Waals surface area contributed by atoms with Gasteiger partial charge >= 0.3 is 0 Å². The Bertz CT molecular complexity index is 975. The zero-order valence-electron chi connectivity index (χ0n) is 17.5. The predicted octanol–water partition coefficient (Wildman–Crippen LogP) is 0.0961. The highest BCUT2D eigenvalue weighted by Crippen LogP contribution is 2.38. The molecule has 0 aromatic carbocycles. The van der Waals surface area contributed by atoms with Crippen LogP contribution in [0.25, 0.3) is 0 Å². The zero-order valence-corrected chi connectivity index (χ0v) is 17.5. The van der Waals surface area contributed by atoms with Crippen molar-refractivity contribution in [2.75, 3.05) is 62.3 Å². The van der Waals surface area contributed by atoms with Gasteiger partial charge in [0.05, 0.1) is 25.2 Å². The number of anilines is 2. The molecule has 0 radical (unpaired) electrons. The first kappa shape index (κ1) is 19.9.